The first kappa shape index (κ1) is 33.9. The second-order valence-corrected chi connectivity index (χ2v) is 4.28. The maximum atomic E-state index is 3.61. The molecule has 24 heavy (non-hydrogen) atoms. The van der Waals surface area contributed by atoms with E-state index in [0.29, 0.717) is 0 Å². The van der Waals surface area contributed by atoms with Crippen molar-refractivity contribution in [1.29, 1.82) is 0 Å². The zero-order valence-corrected chi connectivity index (χ0v) is 18.6. The molecule has 0 aliphatic heterocycles. The molecule has 0 aromatic heterocycles. The van der Waals surface area contributed by atoms with Gasteiger partial charge in [-0.05, 0) is 34.6 Å². The number of hydrogen-bond acceptors (Lipinski definition) is 0. The quantitative estimate of drug-likeness (QED) is 0.449. The lowest BCUT2D eigenvalue weighted by atomic mass is 10.2. The minimum absolute atomic E-state index is 1.20. The molecule has 0 heteroatoms. The summed E-state index contributed by atoms with van der Waals surface area (Å²) in [6.45, 7) is 26.0. The highest BCUT2D eigenvalue weighted by atomic mass is 13.8. The summed E-state index contributed by atoms with van der Waals surface area (Å²) in [6.07, 6.45) is 19.4. The molecule has 0 aromatic carbocycles. The highest BCUT2D eigenvalue weighted by Crippen LogP contribution is 1.94. The van der Waals surface area contributed by atoms with E-state index in [1.165, 1.54) is 17.6 Å². The molecule has 0 rings (SSSR count). The zero-order chi connectivity index (χ0) is 20.2. The van der Waals surface area contributed by atoms with Crippen molar-refractivity contribution >= 4 is 0 Å². The van der Waals surface area contributed by atoms with Gasteiger partial charge >= 0.3 is 0 Å². The Morgan fingerprint density at radius 2 is 1.04 bits per heavy atom. The third kappa shape index (κ3) is 59.0. The van der Waals surface area contributed by atoms with Crippen molar-refractivity contribution in [3.8, 4) is 0 Å². The molecule has 0 aromatic rings. The summed E-state index contributed by atoms with van der Waals surface area (Å²) in [5.41, 5.74) is 2.48. The van der Waals surface area contributed by atoms with Crippen LogP contribution in [0.5, 0.6) is 0 Å². The van der Waals surface area contributed by atoms with Gasteiger partial charge in [-0.15, -0.1) is 0 Å². The number of allylic oxidation sites excluding steroid dienone is 11. The fraction of sp³-hybridized carbons (Fsp3) is 0.500. The Labute approximate surface area is 155 Å². The molecule has 0 bridgehead atoms. The van der Waals surface area contributed by atoms with E-state index < -0.39 is 0 Å². The Morgan fingerprint density at radius 3 is 1.29 bits per heavy atom. The summed E-state index contributed by atoms with van der Waals surface area (Å²) in [4.78, 5) is 0. The first-order valence-electron chi connectivity index (χ1n) is 9.38. The van der Waals surface area contributed by atoms with Crippen LogP contribution in [0.25, 0.3) is 0 Å². The van der Waals surface area contributed by atoms with E-state index in [-0.39, 0.29) is 0 Å². The second kappa shape index (κ2) is 43.0. The highest BCUT2D eigenvalue weighted by Gasteiger charge is 1.72. The predicted molar refractivity (Wildman–Crippen MR) is 121 cm³/mol. The Hall–Kier alpha value is -1.56. The van der Waals surface area contributed by atoms with Crippen LogP contribution in [0.1, 0.15) is 82.6 Å². The van der Waals surface area contributed by atoms with Crippen molar-refractivity contribution in [2.45, 2.75) is 82.6 Å². The molecular weight excluding hydrogens is 288 g/mol. The van der Waals surface area contributed by atoms with E-state index in [1.54, 1.807) is 0 Å². The minimum atomic E-state index is 1.20. The van der Waals surface area contributed by atoms with Crippen LogP contribution in [0.15, 0.2) is 72.4 Å². The first-order chi connectivity index (χ1) is 11.5. The van der Waals surface area contributed by atoms with Crippen molar-refractivity contribution in [2.24, 2.45) is 0 Å². The SMILES string of the molecule is C=C/C(C)=C\C=C/C.CC.CC.CCC.C\C=C/C=C(C)\C=C\C. The summed E-state index contributed by atoms with van der Waals surface area (Å²) < 4.78 is 0. The second-order valence-electron chi connectivity index (χ2n) is 4.28. The molecule has 0 atom stereocenters. The maximum Gasteiger partial charge on any atom is -0.0398 e. The molecule has 0 radical (unpaired) electrons. The summed E-state index contributed by atoms with van der Waals surface area (Å²) in [7, 11) is 0. The molecule has 0 amide bonds. The maximum absolute atomic E-state index is 3.61. The third-order valence-corrected chi connectivity index (χ3v) is 1.85. The fourth-order valence-electron chi connectivity index (χ4n) is 0.882. The lowest BCUT2D eigenvalue weighted by molar-refractivity contribution is 1.09. The molecule has 0 saturated heterocycles. The van der Waals surface area contributed by atoms with Crippen LogP contribution >= 0.6 is 0 Å². The molecule has 0 fully saturated rings. The van der Waals surface area contributed by atoms with Crippen LogP contribution in [-0.4, -0.2) is 0 Å². The largest absolute Gasteiger partial charge is 0.0988 e. The van der Waals surface area contributed by atoms with Crippen molar-refractivity contribution < 1.29 is 0 Å². The standard InChI is InChI=1S/C9H14.C8H12.C3H8.2C2H6/c1-4-6-8-9(3)7-5-2;1-4-6-7-8(3)5-2;1-3-2;2*1-2/h4-8H,1-3H3;4-7H,2H2,1,3H3;3H2,1-2H3;2*1-2H3/b6-4-,7-5+,9-8-;6-4-,8-7-;;;. The molecule has 142 valence electrons. The normalized spacial score (nSPS) is 10.6. The molecule has 0 N–H and O–H groups in total. The predicted octanol–water partition coefficient (Wildman–Crippen LogP) is 9.25. The van der Waals surface area contributed by atoms with Crippen molar-refractivity contribution in [3.63, 3.8) is 0 Å². The molecule has 0 heterocycles. The molecule has 0 spiro atoms. The van der Waals surface area contributed by atoms with Crippen LogP contribution in [0.4, 0.5) is 0 Å². The van der Waals surface area contributed by atoms with E-state index >= 15 is 0 Å². The lowest BCUT2D eigenvalue weighted by Crippen LogP contribution is -1.62. The zero-order valence-electron chi connectivity index (χ0n) is 18.6. The molecule has 0 aliphatic rings. The molecule has 0 aliphatic carbocycles. The van der Waals surface area contributed by atoms with Gasteiger partial charge in [0.2, 0.25) is 0 Å². The van der Waals surface area contributed by atoms with Gasteiger partial charge in [0.15, 0.2) is 0 Å². The Bertz CT molecular complexity index is 333. The van der Waals surface area contributed by atoms with Crippen molar-refractivity contribution in [3.05, 3.63) is 72.4 Å². The molecule has 0 saturated carbocycles. The summed E-state index contributed by atoms with van der Waals surface area (Å²) in [5.74, 6) is 0. The van der Waals surface area contributed by atoms with E-state index in [1.807, 2.05) is 97.9 Å². The fourth-order valence-corrected chi connectivity index (χ4v) is 0.882. The Morgan fingerprint density at radius 1 is 0.708 bits per heavy atom. The van der Waals surface area contributed by atoms with Gasteiger partial charge in [0.25, 0.3) is 0 Å². The van der Waals surface area contributed by atoms with E-state index in [9.17, 15) is 0 Å². The smallest absolute Gasteiger partial charge is 0.0398 e. The van der Waals surface area contributed by atoms with E-state index in [0.717, 1.165) is 0 Å². The van der Waals surface area contributed by atoms with Crippen LogP contribution in [0.2, 0.25) is 0 Å². The van der Waals surface area contributed by atoms with Gasteiger partial charge in [-0.25, -0.2) is 0 Å². The van der Waals surface area contributed by atoms with E-state index in [4.69, 9.17) is 0 Å². The number of hydrogen-bond donors (Lipinski definition) is 0. The average Bonchev–Trinajstić information content (AvgIpc) is 2.62. The molecular formula is C24H46. The summed E-state index contributed by atoms with van der Waals surface area (Å²) in [6, 6.07) is 0. The van der Waals surface area contributed by atoms with Gasteiger partial charge in [-0.3, -0.25) is 0 Å². The van der Waals surface area contributed by atoms with Gasteiger partial charge in [-0.2, -0.15) is 0 Å². The number of rotatable bonds is 4. The van der Waals surface area contributed by atoms with Crippen LogP contribution in [0, 0.1) is 0 Å². The monoisotopic (exact) mass is 334 g/mol. The van der Waals surface area contributed by atoms with Crippen molar-refractivity contribution in [2.75, 3.05) is 0 Å². The summed E-state index contributed by atoms with van der Waals surface area (Å²) >= 11 is 0. The van der Waals surface area contributed by atoms with Crippen LogP contribution in [-0.2, 0) is 0 Å². The molecule has 0 nitrogen and oxygen atoms in total. The Kier molecular flexibility index (Phi) is 60.7. The van der Waals surface area contributed by atoms with E-state index in [2.05, 4.69) is 39.5 Å². The first-order valence-corrected chi connectivity index (χ1v) is 9.38. The van der Waals surface area contributed by atoms with Crippen molar-refractivity contribution in [1.82, 2.24) is 0 Å². The van der Waals surface area contributed by atoms with Gasteiger partial charge in [0, 0.05) is 0 Å². The van der Waals surface area contributed by atoms with Gasteiger partial charge in [0.1, 0.15) is 0 Å². The van der Waals surface area contributed by atoms with Gasteiger partial charge < -0.3 is 0 Å². The van der Waals surface area contributed by atoms with Gasteiger partial charge in [0.05, 0.1) is 0 Å². The third-order valence-electron chi connectivity index (χ3n) is 1.85. The van der Waals surface area contributed by atoms with Gasteiger partial charge in [-0.1, -0.05) is 120 Å². The van der Waals surface area contributed by atoms with Crippen LogP contribution in [0.3, 0.4) is 0 Å². The molecule has 0 unspecified atom stereocenters. The lowest BCUT2D eigenvalue weighted by Gasteiger charge is -1.83. The highest BCUT2D eigenvalue weighted by molar-refractivity contribution is 5.20. The van der Waals surface area contributed by atoms with Crippen LogP contribution < -0.4 is 0 Å². The minimum Gasteiger partial charge on any atom is -0.0988 e. The summed E-state index contributed by atoms with van der Waals surface area (Å²) in [5, 5.41) is 0. The average molecular weight is 335 g/mol. The topological polar surface area (TPSA) is 0 Å². The Balaban J connectivity index is -0.0000000733.